The molecule has 0 fully saturated rings. The largest absolute Gasteiger partial charge is 0.494 e. The van der Waals surface area contributed by atoms with E-state index in [4.69, 9.17) is 10.5 Å². The summed E-state index contributed by atoms with van der Waals surface area (Å²) in [4.78, 5) is 15.4. The van der Waals surface area contributed by atoms with E-state index in [9.17, 15) is 4.79 Å². The minimum Gasteiger partial charge on any atom is -0.494 e. The highest BCUT2D eigenvalue weighted by atomic mass is 32.2. The molecule has 0 bridgehead atoms. The summed E-state index contributed by atoms with van der Waals surface area (Å²) in [6.45, 7) is 2.67. The van der Waals surface area contributed by atoms with Crippen molar-refractivity contribution in [1.82, 2.24) is 5.32 Å². The number of nitrogens with two attached hydrogens (primary N) is 1. The van der Waals surface area contributed by atoms with Gasteiger partial charge in [-0.25, -0.2) is 9.79 Å². The number of nitrogen functional groups attached to an aromatic ring is 1. The van der Waals surface area contributed by atoms with Gasteiger partial charge in [-0.15, -0.1) is 0 Å². The number of aliphatic imine (C=N–C) groups is 1. The Balaban J connectivity index is 2.87. The van der Waals surface area contributed by atoms with E-state index >= 15 is 0 Å². The summed E-state index contributed by atoms with van der Waals surface area (Å²) in [7, 11) is 1.29. The van der Waals surface area contributed by atoms with Crippen molar-refractivity contribution in [3.05, 3.63) is 18.2 Å². The van der Waals surface area contributed by atoms with Crippen molar-refractivity contribution in [2.75, 3.05) is 25.7 Å². The van der Waals surface area contributed by atoms with Crippen LogP contribution in [-0.4, -0.2) is 31.2 Å². The second kappa shape index (κ2) is 8.31. The van der Waals surface area contributed by atoms with E-state index in [1.54, 1.807) is 24.5 Å². The molecule has 1 amide bonds. The summed E-state index contributed by atoms with van der Waals surface area (Å²) in [5.41, 5.74) is 6.97. The number of methoxy groups -OCH3 is 1. The molecule has 0 spiro atoms. The maximum Gasteiger partial charge on any atom is 0.412 e. The number of amidine groups is 1. The zero-order chi connectivity index (χ0) is 15.0. The molecule has 6 nitrogen and oxygen atoms in total. The van der Waals surface area contributed by atoms with Crippen LogP contribution in [0, 0.1) is 0 Å². The Hall–Kier alpha value is -1.89. The fourth-order valence-electron chi connectivity index (χ4n) is 1.32. The molecule has 110 valence electrons. The van der Waals surface area contributed by atoms with E-state index in [1.165, 1.54) is 18.9 Å². The van der Waals surface area contributed by atoms with Crippen LogP contribution in [0.4, 0.5) is 16.2 Å². The third-order valence-corrected chi connectivity index (χ3v) is 2.86. The number of amides is 1. The van der Waals surface area contributed by atoms with Gasteiger partial charge in [0, 0.05) is 6.07 Å². The monoisotopic (exact) mass is 297 g/mol. The van der Waals surface area contributed by atoms with Crippen molar-refractivity contribution in [3.8, 4) is 5.75 Å². The predicted molar refractivity (Wildman–Crippen MR) is 82.8 cm³/mol. The number of alkyl carbamates (subject to hydrolysis) is 1. The lowest BCUT2D eigenvalue weighted by atomic mass is 10.2. The highest BCUT2D eigenvalue weighted by Gasteiger charge is 2.06. The SMILES string of the molecule is CCCOc1ccc(N=C(NC(=O)OC)SC)c(N)c1. The van der Waals surface area contributed by atoms with Gasteiger partial charge in [0.05, 0.1) is 25.1 Å². The number of carbonyl (C=O) groups excluding carboxylic acids is 1. The van der Waals surface area contributed by atoms with Gasteiger partial charge in [-0.2, -0.15) is 0 Å². The Bertz CT molecular complexity index is 492. The summed E-state index contributed by atoms with van der Waals surface area (Å²) < 4.78 is 10.00. The zero-order valence-electron chi connectivity index (χ0n) is 11.8. The fraction of sp³-hybridized carbons (Fsp3) is 0.385. The van der Waals surface area contributed by atoms with Gasteiger partial charge in [-0.3, -0.25) is 5.32 Å². The maximum atomic E-state index is 11.1. The summed E-state index contributed by atoms with van der Waals surface area (Å²) in [5, 5.41) is 2.91. The summed E-state index contributed by atoms with van der Waals surface area (Å²) in [6, 6.07) is 5.25. The first-order valence-corrected chi connectivity index (χ1v) is 7.33. The van der Waals surface area contributed by atoms with Gasteiger partial charge in [-0.1, -0.05) is 18.7 Å². The van der Waals surface area contributed by atoms with Gasteiger partial charge in [0.2, 0.25) is 0 Å². The molecule has 7 heteroatoms. The molecule has 0 aromatic heterocycles. The van der Waals surface area contributed by atoms with Crippen LogP contribution < -0.4 is 15.8 Å². The quantitative estimate of drug-likeness (QED) is 0.507. The number of hydrogen-bond donors (Lipinski definition) is 2. The van der Waals surface area contributed by atoms with Crippen LogP contribution in [0.1, 0.15) is 13.3 Å². The number of ether oxygens (including phenoxy) is 2. The Kier molecular flexibility index (Phi) is 6.72. The van der Waals surface area contributed by atoms with Gasteiger partial charge in [-0.05, 0) is 24.8 Å². The van der Waals surface area contributed by atoms with E-state index in [0.29, 0.717) is 28.9 Å². The van der Waals surface area contributed by atoms with Crippen LogP contribution >= 0.6 is 11.8 Å². The fourth-order valence-corrected chi connectivity index (χ4v) is 1.69. The molecule has 0 aliphatic rings. The minimum absolute atomic E-state index is 0.408. The van der Waals surface area contributed by atoms with E-state index in [-0.39, 0.29) is 0 Å². The third kappa shape index (κ3) is 5.00. The lowest BCUT2D eigenvalue weighted by Crippen LogP contribution is -2.27. The highest BCUT2D eigenvalue weighted by Crippen LogP contribution is 2.27. The molecule has 1 aromatic carbocycles. The van der Waals surface area contributed by atoms with E-state index in [0.717, 1.165) is 6.42 Å². The van der Waals surface area contributed by atoms with Gasteiger partial charge < -0.3 is 15.2 Å². The summed E-state index contributed by atoms with van der Waals surface area (Å²) in [6.07, 6.45) is 2.16. The van der Waals surface area contributed by atoms with Crippen LogP contribution in [0.25, 0.3) is 0 Å². The molecule has 1 rings (SSSR count). The minimum atomic E-state index is -0.570. The van der Waals surface area contributed by atoms with Crippen molar-refractivity contribution in [1.29, 1.82) is 0 Å². The molecule has 20 heavy (non-hydrogen) atoms. The molecule has 0 unspecified atom stereocenters. The van der Waals surface area contributed by atoms with Crippen LogP contribution in [-0.2, 0) is 4.74 Å². The lowest BCUT2D eigenvalue weighted by molar-refractivity contribution is 0.177. The van der Waals surface area contributed by atoms with Crippen molar-refractivity contribution in [2.45, 2.75) is 13.3 Å². The van der Waals surface area contributed by atoms with Crippen LogP contribution in [0.3, 0.4) is 0 Å². The zero-order valence-corrected chi connectivity index (χ0v) is 12.6. The predicted octanol–water partition coefficient (Wildman–Crippen LogP) is 2.76. The first-order valence-electron chi connectivity index (χ1n) is 6.10. The topological polar surface area (TPSA) is 85.9 Å². The molecule has 0 aliphatic carbocycles. The summed E-state index contributed by atoms with van der Waals surface area (Å²) >= 11 is 1.29. The number of nitrogens with zero attached hydrogens (tertiary/aromatic N) is 1. The average molecular weight is 297 g/mol. The van der Waals surface area contributed by atoms with Crippen LogP contribution in [0.15, 0.2) is 23.2 Å². The van der Waals surface area contributed by atoms with E-state index in [1.807, 2.05) is 6.92 Å². The normalized spacial score (nSPS) is 11.1. The van der Waals surface area contributed by atoms with E-state index < -0.39 is 6.09 Å². The third-order valence-electron chi connectivity index (χ3n) is 2.28. The number of nitrogens with one attached hydrogen (secondary N) is 1. The molecule has 0 saturated heterocycles. The molecule has 0 atom stereocenters. The van der Waals surface area contributed by atoms with Crippen molar-refractivity contribution in [3.63, 3.8) is 0 Å². The van der Waals surface area contributed by atoms with Gasteiger partial charge in [0.25, 0.3) is 0 Å². The second-order valence-electron chi connectivity index (χ2n) is 3.81. The Morgan fingerprint density at radius 2 is 2.25 bits per heavy atom. The molecule has 0 heterocycles. The van der Waals surface area contributed by atoms with Gasteiger partial charge >= 0.3 is 6.09 Å². The molecule has 3 N–H and O–H groups in total. The number of anilines is 1. The molecule has 0 saturated carbocycles. The number of rotatable bonds is 4. The maximum absolute atomic E-state index is 11.1. The van der Waals surface area contributed by atoms with Crippen LogP contribution in [0.5, 0.6) is 5.75 Å². The molecule has 1 aromatic rings. The van der Waals surface area contributed by atoms with Gasteiger partial charge in [0.1, 0.15) is 5.75 Å². The Morgan fingerprint density at radius 1 is 1.50 bits per heavy atom. The van der Waals surface area contributed by atoms with E-state index in [2.05, 4.69) is 15.0 Å². The number of benzene rings is 1. The number of hydrogen-bond acceptors (Lipinski definition) is 6. The average Bonchev–Trinajstić information content (AvgIpc) is 2.46. The smallest absolute Gasteiger partial charge is 0.412 e. The Labute approximate surface area is 122 Å². The second-order valence-corrected chi connectivity index (χ2v) is 4.60. The molecular formula is C13H19N3O3S. The lowest BCUT2D eigenvalue weighted by Gasteiger charge is -2.08. The van der Waals surface area contributed by atoms with Crippen molar-refractivity contribution in [2.24, 2.45) is 4.99 Å². The number of carbonyl (C=O) groups is 1. The van der Waals surface area contributed by atoms with Crippen molar-refractivity contribution < 1.29 is 14.3 Å². The first-order chi connectivity index (χ1) is 9.60. The summed E-state index contributed by atoms with van der Waals surface area (Å²) in [5.74, 6) is 0.704. The first kappa shape index (κ1) is 16.2. The molecule has 0 aliphatic heterocycles. The molecule has 0 radical (unpaired) electrons. The highest BCUT2D eigenvalue weighted by molar-refractivity contribution is 8.13. The van der Waals surface area contributed by atoms with Gasteiger partial charge in [0.15, 0.2) is 5.17 Å². The standard InChI is InChI=1S/C13H19N3O3S/c1-4-7-19-9-5-6-11(10(14)8-9)15-12(20-3)16-13(17)18-2/h5-6,8H,4,7,14H2,1-3H3,(H,15,16,17). The molecular weight excluding hydrogens is 278 g/mol. The Morgan fingerprint density at radius 3 is 2.80 bits per heavy atom. The van der Waals surface area contributed by atoms with Crippen LogP contribution in [0.2, 0.25) is 0 Å². The van der Waals surface area contributed by atoms with Crippen molar-refractivity contribution >= 4 is 34.4 Å². The number of thioether (sulfide) groups is 1.